The zero-order valence-corrected chi connectivity index (χ0v) is 20.3. The lowest BCUT2D eigenvalue weighted by molar-refractivity contribution is 0.667. The van der Waals surface area contributed by atoms with Gasteiger partial charge in [0.2, 0.25) is 0 Å². The third kappa shape index (κ3) is 3.17. The van der Waals surface area contributed by atoms with Crippen LogP contribution in [0.15, 0.2) is 130 Å². The summed E-state index contributed by atoms with van der Waals surface area (Å²) in [6.07, 6.45) is 0. The van der Waals surface area contributed by atoms with Gasteiger partial charge in [-0.25, -0.2) is 9.97 Å². The van der Waals surface area contributed by atoms with Gasteiger partial charge in [0.1, 0.15) is 28.0 Å². The maximum Gasteiger partial charge on any atom is 0.180 e. The maximum absolute atomic E-state index is 6.52. The maximum atomic E-state index is 6.52. The summed E-state index contributed by atoms with van der Waals surface area (Å²) in [7, 11) is 0. The molecule has 4 heteroatoms. The molecular weight excluding hydrogens is 468 g/mol. The van der Waals surface area contributed by atoms with Crippen molar-refractivity contribution in [1.82, 2.24) is 9.97 Å². The molecule has 8 rings (SSSR count). The normalized spacial score (nSPS) is 11.7. The monoisotopic (exact) mass is 488 g/mol. The third-order valence-electron chi connectivity index (χ3n) is 7.11. The fourth-order valence-corrected chi connectivity index (χ4v) is 5.33. The second kappa shape index (κ2) is 8.15. The molecular formula is C34H20N2O2. The molecule has 0 fully saturated rings. The zero-order chi connectivity index (χ0) is 25.1. The van der Waals surface area contributed by atoms with Crippen molar-refractivity contribution in [2.45, 2.75) is 0 Å². The van der Waals surface area contributed by atoms with E-state index >= 15 is 0 Å². The van der Waals surface area contributed by atoms with E-state index in [1.165, 1.54) is 0 Å². The van der Waals surface area contributed by atoms with Gasteiger partial charge < -0.3 is 8.83 Å². The molecule has 0 atom stereocenters. The van der Waals surface area contributed by atoms with Gasteiger partial charge >= 0.3 is 0 Å². The highest BCUT2D eigenvalue weighted by Crippen LogP contribution is 2.40. The molecule has 4 nitrogen and oxygen atoms in total. The largest absolute Gasteiger partial charge is 0.456 e. The van der Waals surface area contributed by atoms with Crippen molar-refractivity contribution in [2.75, 3.05) is 0 Å². The number of aromatic nitrogens is 2. The van der Waals surface area contributed by atoms with E-state index in [0.717, 1.165) is 66.4 Å². The molecule has 38 heavy (non-hydrogen) atoms. The molecule has 0 aliphatic heterocycles. The van der Waals surface area contributed by atoms with Crippen LogP contribution in [0.3, 0.4) is 0 Å². The van der Waals surface area contributed by atoms with Crippen LogP contribution in [-0.4, -0.2) is 9.97 Å². The number of hydrogen-bond acceptors (Lipinski definition) is 4. The molecule has 0 unspecified atom stereocenters. The fourth-order valence-electron chi connectivity index (χ4n) is 5.33. The Morgan fingerprint density at radius 1 is 0.474 bits per heavy atom. The van der Waals surface area contributed by atoms with Crippen molar-refractivity contribution in [3.63, 3.8) is 0 Å². The minimum atomic E-state index is 0.679. The summed E-state index contributed by atoms with van der Waals surface area (Å²) in [4.78, 5) is 9.95. The van der Waals surface area contributed by atoms with Gasteiger partial charge in [-0.05, 0) is 35.4 Å². The van der Waals surface area contributed by atoms with E-state index in [9.17, 15) is 0 Å². The summed E-state index contributed by atoms with van der Waals surface area (Å²) in [5, 5.41) is 3.17. The first-order valence-electron chi connectivity index (χ1n) is 12.6. The average molecular weight is 489 g/mol. The summed E-state index contributed by atoms with van der Waals surface area (Å²) in [6, 6.07) is 40.9. The van der Waals surface area contributed by atoms with E-state index in [4.69, 9.17) is 18.8 Å². The van der Waals surface area contributed by atoms with Gasteiger partial charge in [-0.1, -0.05) is 97.1 Å². The minimum Gasteiger partial charge on any atom is -0.456 e. The minimum absolute atomic E-state index is 0.679. The van der Waals surface area contributed by atoms with Crippen LogP contribution in [0.4, 0.5) is 0 Å². The molecule has 0 amide bonds. The molecule has 0 spiro atoms. The lowest BCUT2D eigenvalue weighted by Gasteiger charge is -2.06. The Balaban J connectivity index is 1.39. The fraction of sp³-hybridized carbons (Fsp3) is 0. The molecule has 0 aliphatic rings. The van der Waals surface area contributed by atoms with Crippen molar-refractivity contribution in [1.29, 1.82) is 0 Å². The Morgan fingerprint density at radius 3 is 2.05 bits per heavy atom. The first-order valence-corrected chi connectivity index (χ1v) is 12.6. The molecule has 8 aromatic rings. The number of nitrogens with zero attached hydrogens (tertiary/aromatic N) is 2. The van der Waals surface area contributed by atoms with Gasteiger partial charge in [-0.3, -0.25) is 0 Å². The Bertz CT molecular complexity index is 2120. The summed E-state index contributed by atoms with van der Waals surface area (Å²) in [5.74, 6) is 0.679. The van der Waals surface area contributed by atoms with Crippen LogP contribution in [0, 0.1) is 0 Å². The molecule has 0 saturated carbocycles. The molecule has 3 heterocycles. The smallest absolute Gasteiger partial charge is 0.180 e. The summed E-state index contributed by atoms with van der Waals surface area (Å²) >= 11 is 0. The van der Waals surface area contributed by atoms with Gasteiger partial charge in [0.25, 0.3) is 0 Å². The van der Waals surface area contributed by atoms with Gasteiger partial charge in [0.15, 0.2) is 11.4 Å². The van der Waals surface area contributed by atoms with Crippen molar-refractivity contribution < 1.29 is 8.83 Å². The second-order valence-corrected chi connectivity index (χ2v) is 9.40. The van der Waals surface area contributed by atoms with Crippen LogP contribution >= 0.6 is 0 Å². The van der Waals surface area contributed by atoms with Crippen molar-refractivity contribution >= 4 is 44.0 Å². The molecule has 0 radical (unpaired) electrons. The predicted octanol–water partition coefficient (Wildman–Crippen LogP) is 9.28. The molecule has 3 aromatic heterocycles. The highest BCUT2D eigenvalue weighted by molar-refractivity contribution is 6.14. The topological polar surface area (TPSA) is 52.1 Å². The van der Waals surface area contributed by atoms with E-state index in [1.807, 2.05) is 78.9 Å². The molecule has 0 saturated heterocycles. The van der Waals surface area contributed by atoms with Crippen LogP contribution in [0.25, 0.3) is 77.8 Å². The van der Waals surface area contributed by atoms with E-state index in [0.29, 0.717) is 11.4 Å². The first kappa shape index (κ1) is 20.9. The van der Waals surface area contributed by atoms with Crippen molar-refractivity contribution in [3.05, 3.63) is 121 Å². The Labute approximate surface area is 217 Å². The zero-order valence-electron chi connectivity index (χ0n) is 20.3. The molecule has 5 aromatic carbocycles. The first-order chi connectivity index (χ1) is 18.8. The highest BCUT2D eigenvalue weighted by Gasteiger charge is 2.19. The van der Waals surface area contributed by atoms with E-state index in [2.05, 4.69) is 42.5 Å². The summed E-state index contributed by atoms with van der Waals surface area (Å²) in [5.41, 5.74) is 8.95. The summed E-state index contributed by atoms with van der Waals surface area (Å²) < 4.78 is 12.7. The number of para-hydroxylation sites is 1. The quantitative estimate of drug-likeness (QED) is 0.249. The van der Waals surface area contributed by atoms with Crippen LogP contribution in [0.5, 0.6) is 0 Å². The van der Waals surface area contributed by atoms with Gasteiger partial charge in [0.05, 0.1) is 0 Å². The second-order valence-electron chi connectivity index (χ2n) is 9.40. The van der Waals surface area contributed by atoms with Gasteiger partial charge in [-0.15, -0.1) is 0 Å². The molecule has 0 aliphatic carbocycles. The predicted molar refractivity (Wildman–Crippen MR) is 153 cm³/mol. The van der Waals surface area contributed by atoms with Gasteiger partial charge in [-0.2, -0.15) is 0 Å². The number of fused-ring (bicyclic) bond motifs is 6. The van der Waals surface area contributed by atoms with E-state index in [1.54, 1.807) is 0 Å². The lowest BCUT2D eigenvalue weighted by Crippen LogP contribution is -1.93. The van der Waals surface area contributed by atoms with E-state index in [-0.39, 0.29) is 0 Å². The molecule has 0 bridgehead atoms. The number of rotatable bonds is 3. The van der Waals surface area contributed by atoms with Crippen LogP contribution in [0.1, 0.15) is 0 Å². The van der Waals surface area contributed by atoms with Gasteiger partial charge in [0, 0.05) is 27.3 Å². The molecule has 0 N–H and O–H groups in total. The van der Waals surface area contributed by atoms with Crippen molar-refractivity contribution in [2.24, 2.45) is 0 Å². The third-order valence-corrected chi connectivity index (χ3v) is 7.11. The Morgan fingerprint density at radius 2 is 1.21 bits per heavy atom. The van der Waals surface area contributed by atoms with Crippen molar-refractivity contribution in [3.8, 4) is 33.8 Å². The highest BCUT2D eigenvalue weighted by atomic mass is 16.3. The van der Waals surface area contributed by atoms with E-state index < -0.39 is 0 Å². The standard InChI is InChI=1S/C34H20N2O2/c1-3-10-21(11-4-1)31-33-32(36-34(35-31)22-12-5-2-6-13-22)26-19-18-23(20-29(26)38-33)24-15-9-17-28-30(24)25-14-7-8-16-27(25)37-28/h1-20H. The summed E-state index contributed by atoms with van der Waals surface area (Å²) in [6.45, 7) is 0. The SMILES string of the molecule is c1ccc(-c2nc(-c3ccccc3)c3oc4cc(-c5cccc6oc7ccccc7c56)ccc4c3n2)cc1. The van der Waals surface area contributed by atoms with Crippen LogP contribution in [-0.2, 0) is 0 Å². The number of benzene rings is 5. The number of hydrogen-bond donors (Lipinski definition) is 0. The van der Waals surface area contributed by atoms with Crippen LogP contribution < -0.4 is 0 Å². The Kier molecular flexibility index (Phi) is 4.49. The van der Waals surface area contributed by atoms with Crippen LogP contribution in [0.2, 0.25) is 0 Å². The average Bonchev–Trinajstić information content (AvgIpc) is 3.55. The number of furan rings is 2. The lowest BCUT2D eigenvalue weighted by atomic mass is 9.98. The molecule has 178 valence electrons. The Hall–Kier alpha value is -5.22.